The molecule has 0 spiro atoms. The Morgan fingerprint density at radius 1 is 1.13 bits per heavy atom. The second-order valence-electron chi connectivity index (χ2n) is 6.26. The van der Waals surface area contributed by atoms with Crippen molar-refractivity contribution in [1.29, 1.82) is 0 Å². The number of oxazole rings is 1. The zero-order valence-corrected chi connectivity index (χ0v) is 16.4. The third-order valence-electron chi connectivity index (χ3n) is 4.05. The Kier molecular flexibility index (Phi) is 7.15. The minimum absolute atomic E-state index is 0.00613. The molecule has 1 heterocycles. The molecule has 0 fully saturated rings. The van der Waals surface area contributed by atoms with Gasteiger partial charge in [-0.1, -0.05) is 12.1 Å². The molecule has 0 saturated heterocycles. The van der Waals surface area contributed by atoms with Crippen LogP contribution >= 0.6 is 0 Å². The van der Waals surface area contributed by atoms with E-state index in [2.05, 4.69) is 10.3 Å². The topological polar surface area (TPSA) is 90.7 Å². The van der Waals surface area contributed by atoms with E-state index in [0.717, 1.165) is 0 Å². The Bertz CT molecular complexity index is 1000. The number of hydrogen-bond donors (Lipinski definition) is 1. The van der Waals surface area contributed by atoms with Gasteiger partial charge >= 0.3 is 5.97 Å². The van der Waals surface area contributed by atoms with Crippen molar-refractivity contribution in [3.63, 3.8) is 0 Å². The van der Waals surface area contributed by atoms with Gasteiger partial charge in [0.1, 0.15) is 11.6 Å². The summed E-state index contributed by atoms with van der Waals surface area (Å²) in [4.78, 5) is 28.1. The van der Waals surface area contributed by atoms with Gasteiger partial charge in [0.05, 0.1) is 24.9 Å². The molecule has 8 heteroatoms. The highest BCUT2D eigenvalue weighted by atomic mass is 19.1. The number of aryl methyl sites for hydroxylation is 1. The first kappa shape index (κ1) is 21.0. The summed E-state index contributed by atoms with van der Waals surface area (Å²) in [5, 5.41) is 2.65. The minimum Gasteiger partial charge on any atom is -0.492 e. The fourth-order valence-corrected chi connectivity index (χ4v) is 2.64. The third-order valence-corrected chi connectivity index (χ3v) is 4.05. The van der Waals surface area contributed by atoms with Crippen molar-refractivity contribution in [2.75, 3.05) is 18.5 Å². The van der Waals surface area contributed by atoms with Crippen molar-refractivity contribution in [2.24, 2.45) is 0 Å². The Hall–Kier alpha value is -3.68. The number of hydrogen-bond acceptors (Lipinski definition) is 6. The molecule has 1 aromatic heterocycles. The van der Waals surface area contributed by atoms with Gasteiger partial charge in [-0.05, 0) is 43.3 Å². The number of benzene rings is 2. The lowest BCUT2D eigenvalue weighted by atomic mass is 10.2. The lowest BCUT2D eigenvalue weighted by Crippen LogP contribution is -2.21. The van der Waals surface area contributed by atoms with Crippen LogP contribution in [0.4, 0.5) is 10.1 Å². The SMILES string of the molecule is CCOc1ccccc1NC(=O)COC(=O)CCc1ncc(-c2ccc(F)cc2)o1. The highest BCUT2D eigenvalue weighted by Crippen LogP contribution is 2.23. The average Bonchev–Trinajstić information content (AvgIpc) is 3.22. The molecule has 1 amide bonds. The summed E-state index contributed by atoms with van der Waals surface area (Å²) in [6.07, 6.45) is 1.73. The number of carbonyl (C=O) groups excluding carboxylic acids is 2. The van der Waals surface area contributed by atoms with E-state index in [1.165, 1.54) is 18.3 Å². The van der Waals surface area contributed by atoms with Crippen LogP contribution < -0.4 is 10.1 Å². The highest BCUT2D eigenvalue weighted by molar-refractivity contribution is 5.94. The Morgan fingerprint density at radius 2 is 1.90 bits per heavy atom. The number of esters is 1. The molecule has 0 bridgehead atoms. The van der Waals surface area contributed by atoms with Gasteiger partial charge in [0.25, 0.3) is 5.91 Å². The molecular weight excluding hydrogens is 391 g/mol. The molecule has 0 radical (unpaired) electrons. The molecule has 3 rings (SSSR count). The van der Waals surface area contributed by atoms with Crippen LogP contribution in [-0.4, -0.2) is 30.1 Å². The summed E-state index contributed by atoms with van der Waals surface area (Å²) in [5.41, 5.74) is 1.19. The number of anilines is 1. The van der Waals surface area contributed by atoms with Gasteiger partial charge < -0.3 is 19.2 Å². The zero-order chi connectivity index (χ0) is 21.3. The van der Waals surface area contributed by atoms with Gasteiger partial charge in [0, 0.05) is 12.0 Å². The summed E-state index contributed by atoms with van der Waals surface area (Å²) >= 11 is 0. The van der Waals surface area contributed by atoms with Crippen LogP contribution in [0.2, 0.25) is 0 Å². The summed E-state index contributed by atoms with van der Waals surface area (Å²) in [5.74, 6) is 0.00857. The predicted molar refractivity (Wildman–Crippen MR) is 107 cm³/mol. The molecule has 0 saturated carbocycles. The first-order valence-corrected chi connectivity index (χ1v) is 9.43. The smallest absolute Gasteiger partial charge is 0.306 e. The summed E-state index contributed by atoms with van der Waals surface area (Å²) < 4.78 is 29.0. The number of rotatable bonds is 9. The van der Waals surface area contributed by atoms with Crippen LogP contribution in [-0.2, 0) is 20.7 Å². The van der Waals surface area contributed by atoms with Gasteiger partial charge in [0.15, 0.2) is 18.3 Å². The van der Waals surface area contributed by atoms with Crippen LogP contribution in [0.3, 0.4) is 0 Å². The second-order valence-corrected chi connectivity index (χ2v) is 6.26. The number of nitrogens with zero attached hydrogens (tertiary/aromatic N) is 1. The van der Waals surface area contributed by atoms with Crippen LogP contribution in [0, 0.1) is 5.82 Å². The van der Waals surface area contributed by atoms with Crippen molar-refractivity contribution in [3.8, 4) is 17.1 Å². The van der Waals surface area contributed by atoms with E-state index in [4.69, 9.17) is 13.9 Å². The van der Waals surface area contributed by atoms with Crippen molar-refractivity contribution < 1.29 is 27.9 Å². The van der Waals surface area contributed by atoms with E-state index < -0.39 is 18.5 Å². The maximum Gasteiger partial charge on any atom is 0.306 e. The molecule has 3 aromatic rings. The molecule has 2 aromatic carbocycles. The van der Waals surface area contributed by atoms with Gasteiger partial charge in [-0.2, -0.15) is 0 Å². The summed E-state index contributed by atoms with van der Waals surface area (Å²) in [6.45, 7) is 1.90. The fourth-order valence-electron chi connectivity index (χ4n) is 2.64. The number of ether oxygens (including phenoxy) is 2. The first-order valence-electron chi connectivity index (χ1n) is 9.43. The third kappa shape index (κ3) is 5.91. The molecule has 0 unspecified atom stereocenters. The maximum absolute atomic E-state index is 13.0. The largest absolute Gasteiger partial charge is 0.492 e. The molecule has 156 valence electrons. The first-order chi connectivity index (χ1) is 14.5. The van der Waals surface area contributed by atoms with E-state index in [1.54, 1.807) is 36.4 Å². The number of nitrogens with one attached hydrogen (secondary N) is 1. The van der Waals surface area contributed by atoms with Crippen molar-refractivity contribution in [1.82, 2.24) is 4.98 Å². The lowest BCUT2D eigenvalue weighted by molar-refractivity contribution is -0.147. The maximum atomic E-state index is 13.0. The summed E-state index contributed by atoms with van der Waals surface area (Å²) in [6, 6.07) is 12.8. The lowest BCUT2D eigenvalue weighted by Gasteiger charge is -2.11. The zero-order valence-electron chi connectivity index (χ0n) is 16.4. The molecule has 30 heavy (non-hydrogen) atoms. The number of aromatic nitrogens is 1. The van der Waals surface area contributed by atoms with Gasteiger partial charge in [-0.25, -0.2) is 9.37 Å². The molecule has 0 aliphatic rings. The molecule has 0 atom stereocenters. The van der Waals surface area contributed by atoms with E-state index in [0.29, 0.717) is 35.3 Å². The van der Waals surface area contributed by atoms with E-state index >= 15 is 0 Å². The van der Waals surface area contributed by atoms with Crippen LogP contribution in [0.25, 0.3) is 11.3 Å². The Morgan fingerprint density at radius 3 is 2.67 bits per heavy atom. The van der Waals surface area contributed by atoms with Crippen molar-refractivity contribution in [3.05, 3.63) is 66.4 Å². The predicted octanol–water partition coefficient (Wildman–Crippen LogP) is 3.99. The van der Waals surface area contributed by atoms with E-state index in [-0.39, 0.29) is 18.7 Å². The molecular formula is C22H21FN2O5. The second kappa shape index (κ2) is 10.2. The van der Waals surface area contributed by atoms with Gasteiger partial charge in [-0.15, -0.1) is 0 Å². The number of halogens is 1. The molecule has 0 aliphatic carbocycles. The van der Waals surface area contributed by atoms with E-state index in [9.17, 15) is 14.0 Å². The number of amides is 1. The average molecular weight is 412 g/mol. The van der Waals surface area contributed by atoms with Crippen molar-refractivity contribution >= 4 is 17.6 Å². The normalized spacial score (nSPS) is 10.5. The standard InChI is InChI=1S/C22H21FN2O5/c1-2-28-18-6-4-3-5-17(18)25-20(26)14-29-22(27)12-11-21-24-13-19(30-21)15-7-9-16(23)10-8-15/h3-10,13H,2,11-12,14H2,1H3,(H,25,26). The number of para-hydroxylation sites is 2. The quantitative estimate of drug-likeness (QED) is 0.535. The van der Waals surface area contributed by atoms with Gasteiger partial charge in [-0.3, -0.25) is 9.59 Å². The van der Waals surface area contributed by atoms with E-state index in [1.807, 2.05) is 6.92 Å². The highest BCUT2D eigenvalue weighted by Gasteiger charge is 2.13. The van der Waals surface area contributed by atoms with Crippen LogP contribution in [0.15, 0.2) is 59.1 Å². The molecule has 0 aliphatic heterocycles. The summed E-state index contributed by atoms with van der Waals surface area (Å²) in [7, 11) is 0. The van der Waals surface area contributed by atoms with Gasteiger partial charge in [0.2, 0.25) is 0 Å². The van der Waals surface area contributed by atoms with Crippen molar-refractivity contribution in [2.45, 2.75) is 19.8 Å². The monoisotopic (exact) mass is 412 g/mol. The molecule has 7 nitrogen and oxygen atoms in total. The minimum atomic E-state index is -0.551. The fraction of sp³-hybridized carbons (Fsp3) is 0.227. The Balaban J connectivity index is 1.44. The van der Waals surface area contributed by atoms with Crippen LogP contribution in [0.5, 0.6) is 5.75 Å². The molecule has 1 N–H and O–H groups in total. The number of carbonyl (C=O) groups is 2. The van der Waals surface area contributed by atoms with Crippen LogP contribution in [0.1, 0.15) is 19.2 Å². The Labute approximate surface area is 172 Å².